The van der Waals surface area contributed by atoms with Crippen LogP contribution in [-0.2, 0) is 5.41 Å². The number of para-hydroxylation sites is 4. The Bertz CT molecular complexity index is 7290. The zero-order valence-corrected chi connectivity index (χ0v) is 51.7. The number of pyridine rings is 1. The Labute approximate surface area is 590 Å². The second-order valence-electron chi connectivity index (χ2n) is 24.0. The van der Waals surface area contributed by atoms with E-state index in [-0.39, 0.29) is 50.3 Å². The maximum Gasteiger partial charge on any atom is 0.269 e. The molecule has 0 unspecified atom stereocenters. The third-order valence-electron chi connectivity index (χ3n) is 17.7. The Kier molecular flexibility index (Phi) is 8.09. The van der Waals surface area contributed by atoms with Gasteiger partial charge in [0.1, 0.15) is 17.3 Å². The summed E-state index contributed by atoms with van der Waals surface area (Å²) >= 11 is 0. The zero-order chi connectivity index (χ0) is 86.9. The van der Waals surface area contributed by atoms with Crippen LogP contribution in [0.1, 0.15) is 63.3 Å². The molecule has 0 radical (unpaired) electrons. The van der Waals surface area contributed by atoms with E-state index in [0.717, 1.165) is 38.1 Å². The molecule has 95 heavy (non-hydrogen) atoms. The highest BCUT2D eigenvalue weighted by molar-refractivity contribution is 7.20. The summed E-state index contributed by atoms with van der Waals surface area (Å²) in [5, 5.41) is -0.983. The molecule has 13 aromatic carbocycles. The van der Waals surface area contributed by atoms with Crippen LogP contribution in [0.4, 0.5) is 0 Å². The minimum atomic E-state index is -6.51. The van der Waals surface area contributed by atoms with Crippen molar-refractivity contribution in [1.82, 2.24) is 18.7 Å². The number of benzene rings is 13. The van der Waals surface area contributed by atoms with Crippen LogP contribution < -0.4 is 30.1 Å². The zero-order valence-electron chi connectivity index (χ0n) is 77.7. The van der Waals surface area contributed by atoms with E-state index in [2.05, 4.69) is 31.7 Å². The van der Waals surface area contributed by atoms with Gasteiger partial charge in [0.15, 0.2) is 8.07 Å². The Morgan fingerprint density at radius 2 is 0.958 bits per heavy atom. The molecule has 0 fully saturated rings. The first-order chi connectivity index (χ1) is 58.0. The molecule has 0 spiro atoms. The molecule has 18 rings (SSSR count). The van der Waals surface area contributed by atoms with Gasteiger partial charge in [-0.2, -0.15) is 0 Å². The summed E-state index contributed by atoms with van der Waals surface area (Å²) in [6.07, 6.45) is 5.37. The van der Waals surface area contributed by atoms with E-state index in [1.54, 1.807) is 53.2 Å². The second kappa shape index (κ2) is 22.2. The van der Waals surface area contributed by atoms with Crippen molar-refractivity contribution in [2.75, 3.05) is 0 Å². The predicted octanol–water partition coefficient (Wildman–Crippen LogP) is 18.7. The average Bonchev–Trinajstić information content (AvgIpc) is 0.924. The van der Waals surface area contributed by atoms with Crippen LogP contribution in [0.15, 0.2) is 327 Å². The van der Waals surface area contributed by atoms with Crippen molar-refractivity contribution in [2.24, 2.45) is 0 Å². The smallest absolute Gasteiger partial charge is 0.269 e. The van der Waals surface area contributed by atoms with E-state index in [9.17, 15) is 32.9 Å². The van der Waals surface area contributed by atoms with Crippen LogP contribution in [0.25, 0.3) is 122 Å². The summed E-state index contributed by atoms with van der Waals surface area (Å²) < 4.78 is 277. The quantitative estimate of drug-likeness (QED) is 0.0593. The third kappa shape index (κ3) is 8.99. The number of nitrogens with zero attached hydrogens (tertiary/aromatic N) is 5. The van der Waals surface area contributed by atoms with Gasteiger partial charge < -0.3 is 9.30 Å². The minimum absolute atomic E-state index is 0.0334. The molecule has 0 N–H and O–H groups in total. The summed E-state index contributed by atoms with van der Waals surface area (Å²) in [4.78, 5) is 4.88. The lowest BCUT2D eigenvalue weighted by Crippen LogP contribution is -2.74. The molecule has 5 heterocycles. The van der Waals surface area contributed by atoms with Gasteiger partial charge in [0, 0.05) is 33.8 Å². The number of fused-ring (bicyclic) bond motifs is 13. The molecule has 0 saturated heterocycles. The van der Waals surface area contributed by atoms with Crippen LogP contribution in [0, 0.1) is 6.33 Å². The normalized spacial score (nSPS) is 16.1. The lowest BCUT2D eigenvalue weighted by molar-refractivity contribution is -0.571. The molecule has 1 aliphatic heterocycles. The van der Waals surface area contributed by atoms with Crippen molar-refractivity contribution in [3.63, 3.8) is 0 Å². The van der Waals surface area contributed by atoms with Gasteiger partial charge in [0.05, 0.1) is 87.2 Å². The SMILES string of the molecule is [2H]c1c([2H])c([2H])c([Si](c2c([2H])c([2H])c([2H])c([2H])c2[2H])(c2c([2H])c([2H])c([2H])c([2H])c2[2H])c2c([2H])c([2H])c([2H])c(-c3cc4c5c(c3)n(-c3cccc(Oc6ccc7c8ccccc8n(-c8cc(C(C)(C)C)ccn8)c7c6)c3)[c-][n+]5-c3c(cccc3-n3c5ccccc5c5ccccc53)-c3c([2H])c([2H])c([2H])c([2H])c3-c3c([2H])c([2H])c([2H])c([2H])c3-4)c2[2H])c([2H])c1[2H]. The predicted molar refractivity (Wildman–Crippen MR) is 394 cm³/mol. The molecule has 0 saturated carbocycles. The number of imidazole rings is 1. The van der Waals surface area contributed by atoms with Crippen LogP contribution in [-0.4, -0.2) is 26.8 Å². The Balaban J connectivity index is 1.03. The van der Waals surface area contributed by atoms with Crippen LogP contribution in [0.5, 0.6) is 11.5 Å². The standard InChI is InChI=1S/C88H63N5OSi/c1-88(2,3)61-50-51-89-85(55-61)93-81-46-22-19-42-75(81)76-49-48-64(57-83(76)93)94-63-28-24-27-62(56-63)90-58-91-86-77(43-25-47-82(86)92-79-44-20-17-40-73(79)74-41-18-21-45-80(74)92)71-38-15-13-36-69(71)70-37-14-16-39-72(70)78-53-60(54-84(90)87(78)91)59-26-23-35-68(52-59)95(65-29-7-4-8-30-65,66-31-9-5-10-32-66)67-33-11-6-12-34-67/h4-57H,1-3H3/i4D,5D,6D,7D,8D,9D,10D,11D,12D,13D,14D,15D,16D,23D,26D,29D,30D,31D,32D,33D,34D,35D,36D,37D,38D,39D,52D. The third-order valence-corrected chi connectivity index (χ3v) is 21.7. The first-order valence-electron chi connectivity index (χ1n) is 44.0. The fourth-order valence-corrected chi connectivity index (χ4v) is 17.0. The number of hydrogen-bond donors (Lipinski definition) is 0. The maximum atomic E-state index is 11.2. The first kappa shape index (κ1) is 34.7. The number of aromatic nitrogens is 5. The summed E-state index contributed by atoms with van der Waals surface area (Å²) in [6, 6.07) is 18.5. The van der Waals surface area contributed by atoms with Crippen molar-refractivity contribution in [3.05, 3.63) is 339 Å². The van der Waals surface area contributed by atoms with Gasteiger partial charge >= 0.3 is 0 Å². The molecule has 0 aliphatic carbocycles. The second-order valence-corrected chi connectivity index (χ2v) is 27.5. The van der Waals surface area contributed by atoms with Crippen LogP contribution >= 0.6 is 0 Å². The molecule has 450 valence electrons. The topological polar surface area (TPSA) is 40.8 Å². The van der Waals surface area contributed by atoms with Crippen molar-refractivity contribution in [2.45, 2.75) is 26.2 Å². The molecular weight excluding hydrogens is 1170 g/mol. The van der Waals surface area contributed by atoms with Gasteiger partial charge in [0.2, 0.25) is 0 Å². The fourth-order valence-electron chi connectivity index (χ4n) is 13.5. The highest BCUT2D eigenvalue weighted by Gasteiger charge is 2.41. The van der Waals surface area contributed by atoms with E-state index < -0.39 is 220 Å². The summed E-state index contributed by atoms with van der Waals surface area (Å²) in [7, 11) is -6.51. The van der Waals surface area contributed by atoms with E-state index in [0.29, 0.717) is 28.3 Å². The van der Waals surface area contributed by atoms with E-state index >= 15 is 0 Å². The molecular formula is C88H63N5OSi. The largest absolute Gasteiger partial charge is 0.458 e. The van der Waals surface area contributed by atoms with Crippen molar-refractivity contribution in [1.29, 1.82) is 0 Å². The molecule has 0 bridgehead atoms. The van der Waals surface area contributed by atoms with Crippen molar-refractivity contribution >= 4 is 83.5 Å². The molecule has 4 aromatic heterocycles. The lowest BCUT2D eigenvalue weighted by atomic mass is 9.88. The number of rotatable bonds is 10. The monoisotopic (exact) mass is 1260 g/mol. The van der Waals surface area contributed by atoms with Crippen LogP contribution in [0.2, 0.25) is 0 Å². The van der Waals surface area contributed by atoms with Crippen molar-refractivity contribution < 1.29 is 46.3 Å². The number of hydrogen-bond acceptors (Lipinski definition) is 2. The molecule has 1 aliphatic rings. The number of ether oxygens (including phenoxy) is 1. The average molecular weight is 1260 g/mol. The Hall–Kier alpha value is -11.9. The highest BCUT2D eigenvalue weighted by atomic mass is 28.3. The molecule has 7 heteroatoms. The Morgan fingerprint density at radius 1 is 0.421 bits per heavy atom. The molecule has 0 atom stereocenters. The van der Waals surface area contributed by atoms with E-state index in [4.69, 9.17) is 13.8 Å². The van der Waals surface area contributed by atoms with Gasteiger partial charge in [-0.1, -0.05) is 263 Å². The highest BCUT2D eigenvalue weighted by Crippen LogP contribution is 2.47. The Morgan fingerprint density at radius 3 is 1.58 bits per heavy atom. The fraction of sp³-hybridized carbons (Fsp3) is 0.0455. The van der Waals surface area contributed by atoms with E-state index in [1.165, 1.54) is 16.7 Å². The van der Waals surface area contributed by atoms with Gasteiger partial charge in [-0.15, -0.1) is 0 Å². The first-order valence-corrected chi connectivity index (χ1v) is 32.5. The van der Waals surface area contributed by atoms with Gasteiger partial charge in [-0.05, 0) is 149 Å². The lowest BCUT2D eigenvalue weighted by Gasteiger charge is -2.34. The van der Waals surface area contributed by atoms with Crippen molar-refractivity contribution in [3.8, 4) is 78.9 Å². The van der Waals surface area contributed by atoms with E-state index in [1.807, 2.05) is 108 Å². The molecule has 6 nitrogen and oxygen atoms in total. The van der Waals surface area contributed by atoms with Gasteiger partial charge in [0.25, 0.3) is 6.33 Å². The molecule has 0 amide bonds. The minimum Gasteiger partial charge on any atom is -0.458 e. The van der Waals surface area contributed by atoms with Crippen LogP contribution in [0.3, 0.4) is 0 Å². The molecule has 17 aromatic rings. The maximum absolute atomic E-state index is 11.2. The van der Waals surface area contributed by atoms with Gasteiger partial charge in [-0.3, -0.25) is 13.7 Å². The summed E-state index contributed by atoms with van der Waals surface area (Å²) in [6.45, 7) is 6.34. The summed E-state index contributed by atoms with van der Waals surface area (Å²) in [5.74, 6) is 1.21. The summed E-state index contributed by atoms with van der Waals surface area (Å²) in [5.41, 5.74) is 1.22. The van der Waals surface area contributed by atoms with Gasteiger partial charge in [-0.25, -0.2) is 4.98 Å².